The maximum Gasteiger partial charge on any atom is 0.326 e. The number of sulfonamides is 1. The molecule has 0 saturated carbocycles. The van der Waals surface area contributed by atoms with Crippen molar-refractivity contribution in [3.8, 4) is 0 Å². The molecule has 1 heterocycles. The van der Waals surface area contributed by atoms with Crippen LogP contribution in [0.1, 0.15) is 25.7 Å². The molecule has 2 unspecified atom stereocenters. The number of amides is 1. The molecular formula is C11H18N2O7S. The molecule has 1 rings (SSSR count). The van der Waals surface area contributed by atoms with E-state index in [9.17, 15) is 22.8 Å². The summed E-state index contributed by atoms with van der Waals surface area (Å²) in [6.45, 7) is -0.000693. The van der Waals surface area contributed by atoms with E-state index in [2.05, 4.69) is 0 Å². The van der Waals surface area contributed by atoms with E-state index in [0.29, 0.717) is 0 Å². The average molecular weight is 322 g/mol. The van der Waals surface area contributed by atoms with Crippen LogP contribution in [-0.4, -0.2) is 59.7 Å². The normalized spacial score (nSPS) is 20.5. The van der Waals surface area contributed by atoms with Crippen LogP contribution in [-0.2, 0) is 24.4 Å². The zero-order valence-electron chi connectivity index (χ0n) is 11.3. The zero-order valence-corrected chi connectivity index (χ0v) is 12.1. The van der Waals surface area contributed by atoms with Gasteiger partial charge in [0.15, 0.2) is 0 Å². The maximum absolute atomic E-state index is 11.8. The highest BCUT2D eigenvalue weighted by molar-refractivity contribution is 7.89. The quantitative estimate of drug-likeness (QED) is 0.508. The monoisotopic (exact) mass is 322 g/mol. The Labute approximate surface area is 121 Å². The van der Waals surface area contributed by atoms with Crippen molar-refractivity contribution in [2.75, 3.05) is 12.3 Å². The van der Waals surface area contributed by atoms with Crippen molar-refractivity contribution < 1.29 is 33.0 Å². The van der Waals surface area contributed by atoms with E-state index in [4.69, 9.17) is 15.4 Å². The molecule has 0 aromatic carbocycles. The first kappa shape index (κ1) is 17.4. The molecule has 120 valence electrons. The van der Waals surface area contributed by atoms with Crippen LogP contribution in [0, 0.1) is 5.92 Å². The van der Waals surface area contributed by atoms with Gasteiger partial charge in [0.1, 0.15) is 6.04 Å². The van der Waals surface area contributed by atoms with Crippen molar-refractivity contribution in [2.45, 2.75) is 31.7 Å². The van der Waals surface area contributed by atoms with Crippen LogP contribution >= 0.6 is 0 Å². The number of rotatable bonds is 8. The van der Waals surface area contributed by atoms with Crippen LogP contribution in [0.5, 0.6) is 0 Å². The molecule has 1 aliphatic heterocycles. The van der Waals surface area contributed by atoms with Crippen molar-refractivity contribution in [2.24, 2.45) is 11.1 Å². The number of nitrogens with two attached hydrogens (primary N) is 1. The molecule has 0 radical (unpaired) electrons. The molecular weight excluding hydrogens is 304 g/mol. The molecule has 4 N–H and O–H groups in total. The van der Waals surface area contributed by atoms with Crippen molar-refractivity contribution >= 4 is 27.9 Å². The minimum Gasteiger partial charge on any atom is -0.481 e. The standard InChI is InChI=1S/C11H18N2O7S/c12-21(19,20)6-7-4-9(14)13(5-7)8(11(17)18)2-1-3-10(15)16/h7-8H,1-6H2,(H,15,16)(H,17,18)(H2,12,19,20). The first-order valence-electron chi connectivity index (χ1n) is 6.34. The van der Waals surface area contributed by atoms with Crippen LogP contribution in [0.2, 0.25) is 0 Å². The predicted molar refractivity (Wildman–Crippen MR) is 70.7 cm³/mol. The molecule has 0 aromatic rings. The first-order chi connectivity index (χ1) is 9.60. The van der Waals surface area contributed by atoms with E-state index < -0.39 is 39.8 Å². The lowest BCUT2D eigenvalue weighted by Crippen LogP contribution is -2.42. The summed E-state index contributed by atoms with van der Waals surface area (Å²) in [5.74, 6) is -3.64. The molecule has 2 atom stereocenters. The van der Waals surface area contributed by atoms with Gasteiger partial charge in [-0.1, -0.05) is 0 Å². The molecule has 21 heavy (non-hydrogen) atoms. The Bertz CT molecular complexity index is 531. The summed E-state index contributed by atoms with van der Waals surface area (Å²) in [5, 5.41) is 22.6. The Morgan fingerprint density at radius 2 is 2.00 bits per heavy atom. The summed E-state index contributed by atoms with van der Waals surface area (Å²) in [7, 11) is -3.73. The highest BCUT2D eigenvalue weighted by Gasteiger charge is 2.38. The third kappa shape index (κ3) is 5.68. The molecule has 9 nitrogen and oxygen atoms in total. The lowest BCUT2D eigenvalue weighted by molar-refractivity contribution is -0.149. The van der Waals surface area contributed by atoms with Crippen molar-refractivity contribution in [3.63, 3.8) is 0 Å². The number of likely N-dealkylation sites (tertiary alicyclic amines) is 1. The molecule has 0 bridgehead atoms. The minimum absolute atomic E-state index is 0.000693. The van der Waals surface area contributed by atoms with Gasteiger partial charge >= 0.3 is 11.9 Å². The number of carboxylic acids is 2. The fraction of sp³-hybridized carbons (Fsp3) is 0.727. The highest BCUT2D eigenvalue weighted by atomic mass is 32.2. The molecule has 1 amide bonds. The van der Waals surface area contributed by atoms with Gasteiger partial charge in [0.25, 0.3) is 0 Å². The number of carboxylic acid groups (broad SMARTS) is 2. The molecule has 1 aliphatic rings. The Morgan fingerprint density at radius 3 is 2.48 bits per heavy atom. The van der Waals surface area contributed by atoms with E-state index >= 15 is 0 Å². The highest BCUT2D eigenvalue weighted by Crippen LogP contribution is 2.23. The number of carbonyl (C=O) groups is 3. The van der Waals surface area contributed by atoms with Crippen LogP contribution in [0.25, 0.3) is 0 Å². The van der Waals surface area contributed by atoms with E-state index in [1.54, 1.807) is 0 Å². The molecule has 10 heteroatoms. The number of primary sulfonamides is 1. The lowest BCUT2D eigenvalue weighted by atomic mass is 10.1. The number of carbonyl (C=O) groups excluding carboxylic acids is 1. The zero-order chi connectivity index (χ0) is 16.2. The number of hydrogen-bond donors (Lipinski definition) is 3. The van der Waals surface area contributed by atoms with Crippen molar-refractivity contribution in [1.82, 2.24) is 4.90 Å². The van der Waals surface area contributed by atoms with Gasteiger partial charge in [-0.3, -0.25) is 9.59 Å². The molecule has 0 aliphatic carbocycles. The molecule has 1 fully saturated rings. The topological polar surface area (TPSA) is 155 Å². The minimum atomic E-state index is -3.73. The second-order valence-corrected chi connectivity index (χ2v) is 6.74. The van der Waals surface area contributed by atoms with Crippen molar-refractivity contribution in [1.29, 1.82) is 0 Å². The second kappa shape index (κ2) is 6.85. The average Bonchev–Trinajstić information content (AvgIpc) is 2.62. The van der Waals surface area contributed by atoms with Crippen LogP contribution < -0.4 is 5.14 Å². The van der Waals surface area contributed by atoms with Crippen LogP contribution in [0.15, 0.2) is 0 Å². The second-order valence-electron chi connectivity index (χ2n) is 5.09. The van der Waals surface area contributed by atoms with Gasteiger partial charge in [-0.15, -0.1) is 0 Å². The third-order valence-electron chi connectivity index (χ3n) is 3.24. The smallest absolute Gasteiger partial charge is 0.326 e. The fourth-order valence-electron chi connectivity index (χ4n) is 2.41. The predicted octanol–water partition coefficient (Wildman–Crippen LogP) is -1.17. The largest absolute Gasteiger partial charge is 0.481 e. The van der Waals surface area contributed by atoms with Gasteiger partial charge in [-0.25, -0.2) is 18.4 Å². The fourth-order valence-corrected chi connectivity index (χ4v) is 3.29. The summed E-state index contributed by atoms with van der Waals surface area (Å²) in [5.41, 5.74) is 0. The SMILES string of the molecule is NS(=O)(=O)CC1CC(=O)N(C(CCCC(=O)O)C(=O)O)C1. The summed E-state index contributed by atoms with van der Waals surface area (Å²) in [6.07, 6.45) is -0.128. The number of hydrogen-bond acceptors (Lipinski definition) is 5. The molecule has 1 saturated heterocycles. The van der Waals surface area contributed by atoms with Crippen LogP contribution in [0.3, 0.4) is 0 Å². The van der Waals surface area contributed by atoms with Gasteiger partial charge < -0.3 is 15.1 Å². The number of aliphatic carboxylic acids is 2. The van der Waals surface area contributed by atoms with Crippen molar-refractivity contribution in [3.05, 3.63) is 0 Å². The molecule has 0 spiro atoms. The van der Waals surface area contributed by atoms with Gasteiger partial charge in [0.2, 0.25) is 15.9 Å². The van der Waals surface area contributed by atoms with E-state index in [1.165, 1.54) is 0 Å². The lowest BCUT2D eigenvalue weighted by Gasteiger charge is -2.24. The van der Waals surface area contributed by atoms with Gasteiger partial charge in [-0.2, -0.15) is 0 Å². The molecule has 0 aromatic heterocycles. The van der Waals surface area contributed by atoms with E-state index in [-0.39, 0.29) is 38.0 Å². The van der Waals surface area contributed by atoms with E-state index in [1.807, 2.05) is 0 Å². The Morgan fingerprint density at radius 1 is 1.38 bits per heavy atom. The summed E-state index contributed by atoms with van der Waals surface area (Å²) < 4.78 is 22.0. The third-order valence-corrected chi connectivity index (χ3v) is 4.17. The Hall–Kier alpha value is -1.68. The van der Waals surface area contributed by atoms with E-state index in [0.717, 1.165) is 4.90 Å². The van der Waals surface area contributed by atoms with Crippen LogP contribution in [0.4, 0.5) is 0 Å². The van der Waals surface area contributed by atoms with Gasteiger partial charge in [0.05, 0.1) is 5.75 Å². The summed E-state index contributed by atoms with van der Waals surface area (Å²) in [6, 6.07) is -1.14. The summed E-state index contributed by atoms with van der Waals surface area (Å²) >= 11 is 0. The Balaban J connectivity index is 2.68. The number of nitrogens with zero attached hydrogens (tertiary/aromatic N) is 1. The first-order valence-corrected chi connectivity index (χ1v) is 8.06. The maximum atomic E-state index is 11.8. The summed E-state index contributed by atoms with van der Waals surface area (Å²) in [4.78, 5) is 34.6. The van der Waals surface area contributed by atoms with Gasteiger partial charge in [0, 0.05) is 25.3 Å². The van der Waals surface area contributed by atoms with Gasteiger partial charge in [-0.05, 0) is 12.8 Å². The Kier molecular flexibility index (Phi) is 5.67.